The number of rotatable bonds is 2. The summed E-state index contributed by atoms with van der Waals surface area (Å²) in [4.78, 5) is 79.6. The molecule has 230 valence electrons. The summed E-state index contributed by atoms with van der Waals surface area (Å²) in [7, 11) is 0. The summed E-state index contributed by atoms with van der Waals surface area (Å²) in [6, 6.07) is 16.9. The van der Waals surface area contributed by atoms with Gasteiger partial charge in [0.1, 0.15) is 0 Å². The number of halogens is 3. The van der Waals surface area contributed by atoms with E-state index >= 15 is 0 Å². The molecule has 3 aliphatic heterocycles. The molecule has 3 heterocycles. The summed E-state index contributed by atoms with van der Waals surface area (Å²) in [5.41, 5.74) is 2.79. The van der Waals surface area contributed by atoms with Crippen LogP contribution in [0.1, 0.15) is 81.1 Å². The molecule has 2 atom stereocenters. The maximum atomic E-state index is 14.3. The highest BCUT2D eigenvalue weighted by Crippen LogP contribution is 2.62. The Morgan fingerprint density at radius 1 is 0.511 bits per heavy atom. The number of alkyl halides is 3. The highest BCUT2D eigenvalue weighted by molar-refractivity contribution is 6.24. The molecule has 0 spiro atoms. The number of hydrogen-bond acceptors (Lipinski definition) is 8. The predicted molar refractivity (Wildman–Crippen MR) is 152 cm³/mol. The van der Waals surface area contributed by atoms with Crippen LogP contribution in [0.25, 0.3) is 11.1 Å². The fraction of sp³-hybridized carbons (Fsp3) is 0.143. The first-order valence-electron chi connectivity index (χ1n) is 14.5. The van der Waals surface area contributed by atoms with E-state index in [0.29, 0.717) is 33.4 Å². The molecule has 9 nitrogen and oxygen atoms in total. The zero-order valence-corrected chi connectivity index (χ0v) is 23.6. The maximum Gasteiger partial charge on any atom is 0.416 e. The summed E-state index contributed by atoms with van der Waals surface area (Å²) in [6.45, 7) is 0. The Labute approximate surface area is 261 Å². The molecule has 2 bridgehead atoms. The third-order valence-electron chi connectivity index (χ3n) is 9.82. The molecule has 4 aromatic rings. The second-order valence-electron chi connectivity index (χ2n) is 12.0. The number of fused-ring (bicyclic) bond motifs is 2. The van der Waals surface area contributed by atoms with Gasteiger partial charge in [-0.1, -0.05) is 24.3 Å². The number of benzene rings is 4. The molecule has 0 radical (unpaired) electrons. The Morgan fingerprint density at radius 2 is 0.851 bits per heavy atom. The second kappa shape index (κ2) is 8.87. The average molecular weight is 636 g/mol. The van der Waals surface area contributed by atoms with E-state index in [0.717, 1.165) is 17.0 Å². The fourth-order valence-corrected chi connectivity index (χ4v) is 7.84. The van der Waals surface area contributed by atoms with Crippen LogP contribution in [0.3, 0.4) is 0 Å². The van der Waals surface area contributed by atoms with Crippen LogP contribution in [0.15, 0.2) is 72.8 Å². The van der Waals surface area contributed by atoms with Crippen LogP contribution in [0.2, 0.25) is 0 Å². The van der Waals surface area contributed by atoms with Crippen molar-refractivity contribution in [2.24, 2.45) is 11.8 Å². The van der Waals surface area contributed by atoms with Crippen LogP contribution >= 0.6 is 0 Å². The van der Waals surface area contributed by atoms with Crippen LogP contribution in [0.4, 0.5) is 18.9 Å². The number of esters is 4. The fourth-order valence-electron chi connectivity index (χ4n) is 7.84. The zero-order valence-electron chi connectivity index (χ0n) is 23.6. The molecule has 10 rings (SSSR count). The van der Waals surface area contributed by atoms with Gasteiger partial charge in [-0.3, -0.25) is 9.59 Å². The molecular weight excluding hydrogens is 619 g/mol. The minimum absolute atomic E-state index is 0.0302. The third-order valence-corrected chi connectivity index (χ3v) is 9.82. The summed E-state index contributed by atoms with van der Waals surface area (Å²) >= 11 is 0. The summed E-state index contributed by atoms with van der Waals surface area (Å²) in [6.07, 6.45) is -4.48. The second-order valence-corrected chi connectivity index (χ2v) is 12.0. The number of ether oxygens (including phenoxy) is 2. The molecule has 1 fully saturated rings. The standard InChI is InChI=1S/C35H16F3NO8/c36-35(37,38)15-5-1-13(2-6-15)14-3-7-16(8-4-14)39-29(40)27-25-17-9-21-22(32(43)46-31(21)42)10-18(17)26(28(27)30(39)41)20-12-24-23(11-19(20)25)33(44)47-34(24)45/h1-12,25-28H. The lowest BCUT2D eigenvalue weighted by Gasteiger charge is -2.46. The minimum atomic E-state index is -4.48. The van der Waals surface area contributed by atoms with Gasteiger partial charge in [0.25, 0.3) is 0 Å². The van der Waals surface area contributed by atoms with Crippen molar-refractivity contribution in [3.05, 3.63) is 123 Å². The van der Waals surface area contributed by atoms with Crippen LogP contribution in [0.5, 0.6) is 0 Å². The quantitative estimate of drug-likeness (QED) is 0.163. The topological polar surface area (TPSA) is 124 Å². The van der Waals surface area contributed by atoms with Crippen LogP contribution in [0, 0.1) is 11.8 Å². The summed E-state index contributed by atoms with van der Waals surface area (Å²) < 4.78 is 48.7. The van der Waals surface area contributed by atoms with Gasteiger partial charge in [0.15, 0.2) is 0 Å². The first-order chi connectivity index (χ1) is 22.4. The number of carbonyl (C=O) groups is 6. The van der Waals surface area contributed by atoms with Crippen LogP contribution < -0.4 is 4.90 Å². The predicted octanol–water partition coefficient (Wildman–Crippen LogP) is 5.39. The maximum absolute atomic E-state index is 14.3. The van der Waals surface area contributed by atoms with Gasteiger partial charge >= 0.3 is 30.1 Å². The number of hydrogen-bond donors (Lipinski definition) is 0. The van der Waals surface area contributed by atoms with Gasteiger partial charge in [0.2, 0.25) is 11.8 Å². The SMILES string of the molecule is O=C1OC(=O)c2cc3c(cc21)C1c2cc4c(cc2C3C2C(=O)N(c3ccc(-c5ccc(C(F)(F)F)cc5)cc3)C(=O)C12)C(=O)OC4=O. The Bertz CT molecular complexity index is 2030. The van der Waals surface area contributed by atoms with Gasteiger partial charge in [-0.15, -0.1) is 0 Å². The van der Waals surface area contributed by atoms with E-state index in [9.17, 15) is 41.9 Å². The normalized spacial score (nSPS) is 23.3. The summed E-state index contributed by atoms with van der Waals surface area (Å²) in [5.74, 6) is -7.90. The minimum Gasteiger partial charge on any atom is -0.386 e. The highest BCUT2D eigenvalue weighted by atomic mass is 19.4. The largest absolute Gasteiger partial charge is 0.416 e. The van der Waals surface area contributed by atoms with Gasteiger partial charge in [-0.25, -0.2) is 24.1 Å². The number of anilines is 1. The van der Waals surface area contributed by atoms with Crippen LogP contribution in [-0.4, -0.2) is 35.7 Å². The van der Waals surface area contributed by atoms with E-state index in [2.05, 4.69) is 0 Å². The lowest BCUT2D eigenvalue weighted by atomic mass is 9.54. The van der Waals surface area contributed by atoms with Crippen molar-refractivity contribution in [1.82, 2.24) is 0 Å². The molecule has 47 heavy (non-hydrogen) atoms. The average Bonchev–Trinajstić information content (AvgIpc) is 3.60. The smallest absolute Gasteiger partial charge is 0.386 e. The number of carbonyl (C=O) groups excluding carboxylic acids is 6. The molecule has 3 aliphatic carbocycles. The summed E-state index contributed by atoms with van der Waals surface area (Å²) in [5, 5.41) is 0. The van der Waals surface area contributed by atoms with Crippen molar-refractivity contribution >= 4 is 41.4 Å². The van der Waals surface area contributed by atoms with Crippen molar-refractivity contribution < 1.29 is 51.4 Å². The van der Waals surface area contributed by atoms with E-state index in [1.54, 1.807) is 12.1 Å². The monoisotopic (exact) mass is 635 g/mol. The van der Waals surface area contributed by atoms with Gasteiger partial charge < -0.3 is 9.47 Å². The lowest BCUT2D eigenvalue weighted by Crippen LogP contribution is -2.42. The Morgan fingerprint density at radius 3 is 1.19 bits per heavy atom. The molecule has 0 aromatic heterocycles. The van der Waals surface area contributed by atoms with E-state index in [1.807, 2.05) is 0 Å². The van der Waals surface area contributed by atoms with Crippen molar-refractivity contribution in [2.45, 2.75) is 18.0 Å². The lowest BCUT2D eigenvalue weighted by molar-refractivity contribution is -0.137. The van der Waals surface area contributed by atoms with E-state index in [4.69, 9.17) is 9.47 Å². The van der Waals surface area contributed by atoms with Gasteiger partial charge in [0.05, 0.1) is 45.3 Å². The van der Waals surface area contributed by atoms with Crippen LogP contribution in [-0.2, 0) is 25.2 Å². The molecular formula is C35H16F3NO8. The van der Waals surface area contributed by atoms with Crippen molar-refractivity contribution in [1.29, 1.82) is 0 Å². The van der Waals surface area contributed by atoms with E-state index < -0.39 is 71.1 Å². The van der Waals surface area contributed by atoms with Gasteiger partial charge in [-0.2, -0.15) is 13.2 Å². The number of imide groups is 1. The molecule has 2 unspecified atom stereocenters. The van der Waals surface area contributed by atoms with Gasteiger partial charge in [0, 0.05) is 11.8 Å². The van der Waals surface area contributed by atoms with E-state index in [-0.39, 0.29) is 27.9 Å². The van der Waals surface area contributed by atoms with Crippen molar-refractivity contribution in [3.63, 3.8) is 0 Å². The Kier molecular flexibility index (Phi) is 5.17. The number of amides is 2. The Hall–Kier alpha value is -5.91. The number of nitrogens with zero attached hydrogens (tertiary/aromatic N) is 1. The number of cyclic esters (lactones) is 4. The zero-order chi connectivity index (χ0) is 32.7. The third kappa shape index (κ3) is 3.55. The first-order valence-corrected chi connectivity index (χ1v) is 14.5. The Balaban J connectivity index is 1.15. The first kappa shape index (κ1) is 27.4. The molecule has 0 saturated carbocycles. The highest BCUT2D eigenvalue weighted by Gasteiger charge is 2.63. The molecule has 6 aliphatic rings. The van der Waals surface area contributed by atoms with Crippen molar-refractivity contribution in [2.75, 3.05) is 4.90 Å². The van der Waals surface area contributed by atoms with Gasteiger partial charge in [-0.05, 0) is 81.9 Å². The molecule has 1 saturated heterocycles. The van der Waals surface area contributed by atoms with E-state index in [1.165, 1.54) is 48.5 Å². The molecule has 0 N–H and O–H groups in total. The molecule has 2 amide bonds. The molecule has 4 aromatic carbocycles. The van der Waals surface area contributed by atoms with Crippen molar-refractivity contribution in [3.8, 4) is 11.1 Å². The molecule has 12 heteroatoms.